The van der Waals surface area contributed by atoms with E-state index < -0.39 is 4.92 Å². The van der Waals surface area contributed by atoms with E-state index in [0.29, 0.717) is 32.2 Å². The first-order valence-corrected chi connectivity index (χ1v) is 6.95. The van der Waals surface area contributed by atoms with Crippen molar-refractivity contribution in [1.29, 1.82) is 0 Å². The van der Waals surface area contributed by atoms with Crippen molar-refractivity contribution >= 4 is 40.4 Å². The number of nitro benzene ring substituents is 1. The average Bonchev–Trinajstić information content (AvgIpc) is 2.43. The van der Waals surface area contributed by atoms with Gasteiger partial charge in [-0.25, -0.2) is 0 Å². The zero-order valence-corrected chi connectivity index (χ0v) is 12.5. The van der Waals surface area contributed by atoms with Crippen LogP contribution in [-0.4, -0.2) is 23.1 Å². The van der Waals surface area contributed by atoms with Gasteiger partial charge in [-0.15, -0.1) is 0 Å². The van der Waals surface area contributed by atoms with E-state index in [0.717, 1.165) is 12.5 Å². The lowest BCUT2D eigenvalue weighted by Gasteiger charge is -2.08. The molecule has 21 heavy (non-hydrogen) atoms. The molecule has 0 aliphatic heterocycles. The topological polar surface area (TPSA) is 86.5 Å². The maximum absolute atomic E-state index is 10.8. The van der Waals surface area contributed by atoms with E-state index in [9.17, 15) is 19.7 Å². The monoisotopic (exact) mass is 333 g/mol. The van der Waals surface area contributed by atoms with Gasteiger partial charge in [0.25, 0.3) is 5.69 Å². The molecular formula is C13H13Cl2NO5. The second-order valence-electron chi connectivity index (χ2n) is 4.23. The van der Waals surface area contributed by atoms with Gasteiger partial charge >= 0.3 is 0 Å². The van der Waals surface area contributed by atoms with Crippen molar-refractivity contribution in [2.75, 3.05) is 6.61 Å². The summed E-state index contributed by atoms with van der Waals surface area (Å²) in [7, 11) is 0. The summed E-state index contributed by atoms with van der Waals surface area (Å²) >= 11 is 11.1. The molecule has 0 saturated carbocycles. The molecule has 0 N–H and O–H groups in total. The number of halogens is 2. The summed E-state index contributed by atoms with van der Waals surface area (Å²) in [5.41, 5.74) is -0.449. The van der Waals surface area contributed by atoms with Crippen LogP contribution in [0.15, 0.2) is 12.1 Å². The van der Waals surface area contributed by atoms with Crippen molar-refractivity contribution in [2.45, 2.75) is 25.7 Å². The molecular weight excluding hydrogens is 321 g/mol. The summed E-state index contributed by atoms with van der Waals surface area (Å²) in [5, 5.41) is 10.4. The molecule has 0 atom stereocenters. The van der Waals surface area contributed by atoms with Crippen LogP contribution in [0.25, 0.3) is 0 Å². The van der Waals surface area contributed by atoms with Crippen LogP contribution in [0.4, 0.5) is 5.69 Å². The molecule has 0 aliphatic rings. The molecule has 0 saturated heterocycles. The molecule has 8 heteroatoms. The second kappa shape index (κ2) is 8.59. The lowest BCUT2D eigenvalue weighted by atomic mass is 10.2. The molecule has 0 bridgehead atoms. The SMILES string of the molecule is O=Cc1cc(OCCCCCC(=O)Cl)c(Cl)cc1[N+](=O)[O-]. The highest BCUT2D eigenvalue weighted by Crippen LogP contribution is 2.31. The van der Waals surface area contributed by atoms with Crippen LogP contribution in [0.2, 0.25) is 5.02 Å². The normalized spacial score (nSPS) is 10.2. The smallest absolute Gasteiger partial charge is 0.281 e. The van der Waals surface area contributed by atoms with Gasteiger partial charge in [0.2, 0.25) is 5.24 Å². The quantitative estimate of drug-likeness (QED) is 0.226. The zero-order valence-electron chi connectivity index (χ0n) is 11.0. The number of hydrogen-bond acceptors (Lipinski definition) is 5. The molecule has 1 rings (SSSR count). The molecule has 0 aliphatic carbocycles. The maximum atomic E-state index is 10.8. The highest BCUT2D eigenvalue weighted by Gasteiger charge is 2.17. The molecule has 1 aromatic carbocycles. The summed E-state index contributed by atoms with van der Waals surface area (Å²) in [6, 6.07) is 2.34. The van der Waals surface area contributed by atoms with Crippen LogP contribution in [-0.2, 0) is 4.79 Å². The molecule has 0 spiro atoms. The van der Waals surface area contributed by atoms with Crippen molar-refractivity contribution in [3.05, 3.63) is 32.8 Å². The van der Waals surface area contributed by atoms with Gasteiger partial charge in [-0.3, -0.25) is 19.7 Å². The number of benzene rings is 1. The third-order valence-corrected chi connectivity index (χ3v) is 3.16. The van der Waals surface area contributed by atoms with Crippen molar-refractivity contribution < 1.29 is 19.2 Å². The van der Waals surface area contributed by atoms with Crippen molar-refractivity contribution in [3.63, 3.8) is 0 Å². The third kappa shape index (κ3) is 5.69. The number of nitrogens with zero attached hydrogens (tertiary/aromatic N) is 1. The lowest BCUT2D eigenvalue weighted by molar-refractivity contribution is -0.385. The summed E-state index contributed by atoms with van der Waals surface area (Å²) in [4.78, 5) is 31.4. The number of rotatable bonds is 9. The van der Waals surface area contributed by atoms with Crippen LogP contribution in [0.5, 0.6) is 5.75 Å². The van der Waals surface area contributed by atoms with Crippen LogP contribution in [0.3, 0.4) is 0 Å². The van der Waals surface area contributed by atoms with Gasteiger partial charge < -0.3 is 4.74 Å². The fraction of sp³-hybridized carbons (Fsp3) is 0.385. The first-order valence-electron chi connectivity index (χ1n) is 6.20. The average molecular weight is 334 g/mol. The van der Waals surface area contributed by atoms with Gasteiger partial charge in [-0.1, -0.05) is 11.6 Å². The maximum Gasteiger partial charge on any atom is 0.281 e. The summed E-state index contributed by atoms with van der Waals surface area (Å²) in [5.74, 6) is 0.220. The van der Waals surface area contributed by atoms with Gasteiger partial charge in [0.1, 0.15) is 5.75 Å². The first-order chi connectivity index (χ1) is 9.95. The number of ether oxygens (including phenoxy) is 1. The molecule has 0 radical (unpaired) electrons. The lowest BCUT2D eigenvalue weighted by Crippen LogP contribution is -2.01. The molecule has 0 fully saturated rings. The number of hydrogen-bond donors (Lipinski definition) is 0. The van der Waals surface area contributed by atoms with E-state index in [-0.39, 0.29) is 27.3 Å². The minimum atomic E-state index is -0.678. The van der Waals surface area contributed by atoms with Crippen LogP contribution >= 0.6 is 23.2 Å². The van der Waals surface area contributed by atoms with E-state index >= 15 is 0 Å². The van der Waals surface area contributed by atoms with Gasteiger partial charge in [0.15, 0.2) is 6.29 Å². The van der Waals surface area contributed by atoms with Crippen LogP contribution < -0.4 is 4.74 Å². The second-order valence-corrected chi connectivity index (χ2v) is 5.06. The van der Waals surface area contributed by atoms with E-state index in [4.69, 9.17) is 27.9 Å². The Labute approximate surface area is 131 Å². The predicted octanol–water partition coefficient (Wildman–Crippen LogP) is 3.77. The molecule has 0 heterocycles. The van der Waals surface area contributed by atoms with Crippen molar-refractivity contribution in [1.82, 2.24) is 0 Å². The molecule has 1 aromatic rings. The highest BCUT2D eigenvalue weighted by molar-refractivity contribution is 6.63. The fourth-order valence-corrected chi connectivity index (χ4v) is 1.99. The third-order valence-electron chi connectivity index (χ3n) is 2.68. The minimum Gasteiger partial charge on any atom is -0.492 e. The Bertz CT molecular complexity index is 548. The minimum absolute atomic E-state index is 0.0724. The fourth-order valence-electron chi connectivity index (χ4n) is 1.65. The number of unbranched alkanes of at least 4 members (excludes halogenated alkanes) is 2. The van der Waals surface area contributed by atoms with E-state index in [1.165, 1.54) is 6.07 Å². The molecule has 0 aromatic heterocycles. The Hall–Kier alpha value is -1.66. The molecule has 6 nitrogen and oxygen atoms in total. The van der Waals surface area contributed by atoms with E-state index in [1.807, 2.05) is 0 Å². The molecule has 0 amide bonds. The Morgan fingerprint density at radius 3 is 2.62 bits per heavy atom. The van der Waals surface area contributed by atoms with E-state index in [2.05, 4.69) is 0 Å². The Morgan fingerprint density at radius 1 is 1.33 bits per heavy atom. The van der Waals surface area contributed by atoms with E-state index in [1.54, 1.807) is 0 Å². The van der Waals surface area contributed by atoms with Gasteiger partial charge in [0.05, 0.1) is 22.1 Å². The summed E-state index contributed by atoms with van der Waals surface area (Å²) in [6.07, 6.45) is 2.79. The van der Waals surface area contributed by atoms with Crippen molar-refractivity contribution in [2.24, 2.45) is 0 Å². The summed E-state index contributed by atoms with van der Waals surface area (Å²) in [6.45, 7) is 0.326. The van der Waals surface area contributed by atoms with Crippen LogP contribution in [0.1, 0.15) is 36.0 Å². The Morgan fingerprint density at radius 2 is 2.05 bits per heavy atom. The number of aldehydes is 1. The largest absolute Gasteiger partial charge is 0.492 e. The molecule has 0 unspecified atom stereocenters. The Kier molecular flexibility index (Phi) is 7.11. The molecule has 114 valence electrons. The van der Waals surface area contributed by atoms with Gasteiger partial charge in [-0.2, -0.15) is 0 Å². The Balaban J connectivity index is 2.57. The summed E-state index contributed by atoms with van der Waals surface area (Å²) < 4.78 is 5.39. The van der Waals surface area contributed by atoms with Crippen molar-refractivity contribution in [3.8, 4) is 5.75 Å². The number of nitro groups is 1. The number of carbonyl (C=O) groups excluding carboxylic acids is 2. The van der Waals surface area contributed by atoms with Crippen LogP contribution in [0, 0.1) is 10.1 Å². The van der Waals surface area contributed by atoms with Gasteiger partial charge in [-0.05, 0) is 36.9 Å². The highest BCUT2D eigenvalue weighted by atomic mass is 35.5. The predicted molar refractivity (Wildman–Crippen MR) is 78.3 cm³/mol. The first kappa shape index (κ1) is 17.4. The standard InChI is InChI=1S/C13H13Cl2NO5/c14-10-7-11(16(19)20)9(8-17)6-12(10)21-5-3-1-2-4-13(15)18/h6-8H,1-5H2. The zero-order chi connectivity index (χ0) is 15.8. The van der Waals surface area contributed by atoms with Gasteiger partial charge in [0, 0.05) is 12.5 Å². The number of carbonyl (C=O) groups is 2.